The van der Waals surface area contributed by atoms with Gasteiger partial charge in [-0.1, -0.05) is 0 Å². The molecule has 3 nitrogen and oxygen atoms in total. The summed E-state index contributed by atoms with van der Waals surface area (Å²) in [6.45, 7) is 2.62. The summed E-state index contributed by atoms with van der Waals surface area (Å²) in [7, 11) is 4.04. The maximum atomic E-state index is 5.54. The van der Waals surface area contributed by atoms with Gasteiger partial charge in [-0.05, 0) is 53.1 Å². The number of hydrogen-bond acceptors (Lipinski definition) is 4. The fourth-order valence-electron chi connectivity index (χ4n) is 1.87. The molecule has 0 bridgehead atoms. The summed E-state index contributed by atoms with van der Waals surface area (Å²) < 4.78 is 6.72. The lowest BCUT2D eigenvalue weighted by atomic mass is 10.3. The van der Waals surface area contributed by atoms with E-state index in [1.165, 1.54) is 14.9 Å². The van der Waals surface area contributed by atoms with Gasteiger partial charge < -0.3 is 9.73 Å². The van der Waals surface area contributed by atoms with Gasteiger partial charge in [0.05, 0.1) is 16.6 Å². The second-order valence-corrected chi connectivity index (χ2v) is 6.67. The van der Waals surface area contributed by atoms with Crippen molar-refractivity contribution >= 4 is 27.3 Å². The zero-order valence-corrected chi connectivity index (χ0v) is 13.0. The Labute approximate surface area is 120 Å². The van der Waals surface area contributed by atoms with Crippen LogP contribution in [0.25, 0.3) is 0 Å². The van der Waals surface area contributed by atoms with Gasteiger partial charge in [-0.3, -0.25) is 4.90 Å². The van der Waals surface area contributed by atoms with Crippen molar-refractivity contribution in [1.29, 1.82) is 0 Å². The van der Waals surface area contributed by atoms with Gasteiger partial charge in [-0.2, -0.15) is 0 Å². The summed E-state index contributed by atoms with van der Waals surface area (Å²) in [6, 6.07) is 4.27. The zero-order chi connectivity index (χ0) is 13.0. The Bertz CT molecular complexity index is 495. The van der Waals surface area contributed by atoms with Gasteiger partial charge in [0.1, 0.15) is 5.76 Å². The number of hydrogen-bond donors (Lipinski definition) is 1. The molecule has 0 atom stereocenters. The largest absolute Gasteiger partial charge is 0.468 e. The van der Waals surface area contributed by atoms with Crippen LogP contribution in [0.5, 0.6) is 0 Å². The molecule has 98 valence electrons. The highest BCUT2D eigenvalue weighted by molar-refractivity contribution is 9.11. The Balaban J connectivity index is 1.88. The maximum Gasteiger partial charge on any atom is 0.118 e. The van der Waals surface area contributed by atoms with Crippen molar-refractivity contribution in [3.8, 4) is 0 Å². The zero-order valence-electron chi connectivity index (χ0n) is 10.6. The highest BCUT2D eigenvalue weighted by Gasteiger charge is 2.07. The van der Waals surface area contributed by atoms with Crippen LogP contribution < -0.4 is 5.32 Å². The SMILES string of the molecule is CNCc1coc(CN(C)Cc2csc(Br)c2)c1. The molecule has 0 aliphatic heterocycles. The van der Waals surface area contributed by atoms with Crippen molar-refractivity contribution in [2.75, 3.05) is 14.1 Å². The van der Waals surface area contributed by atoms with Crippen molar-refractivity contribution in [1.82, 2.24) is 10.2 Å². The van der Waals surface area contributed by atoms with Crippen LogP contribution in [-0.4, -0.2) is 19.0 Å². The maximum absolute atomic E-state index is 5.54. The van der Waals surface area contributed by atoms with E-state index in [4.69, 9.17) is 4.42 Å². The summed E-state index contributed by atoms with van der Waals surface area (Å²) in [5, 5.41) is 5.29. The molecular formula is C13H17BrN2OS. The van der Waals surface area contributed by atoms with Crippen LogP contribution in [0.15, 0.2) is 32.0 Å². The second-order valence-electron chi connectivity index (χ2n) is 4.38. The molecule has 0 fully saturated rings. The van der Waals surface area contributed by atoms with Crippen LogP contribution >= 0.6 is 27.3 Å². The summed E-state index contributed by atoms with van der Waals surface area (Å²) in [6.07, 6.45) is 1.82. The molecule has 2 heterocycles. The van der Waals surface area contributed by atoms with Crippen LogP contribution in [0.3, 0.4) is 0 Å². The quantitative estimate of drug-likeness (QED) is 0.880. The molecule has 5 heteroatoms. The molecule has 2 aromatic rings. The van der Waals surface area contributed by atoms with Crippen molar-refractivity contribution in [3.05, 3.63) is 44.4 Å². The molecule has 0 saturated heterocycles. The Morgan fingerprint density at radius 1 is 1.33 bits per heavy atom. The van der Waals surface area contributed by atoms with Crippen LogP contribution in [0, 0.1) is 0 Å². The van der Waals surface area contributed by atoms with Gasteiger partial charge >= 0.3 is 0 Å². The highest BCUT2D eigenvalue weighted by Crippen LogP contribution is 2.22. The van der Waals surface area contributed by atoms with Crippen LogP contribution in [-0.2, 0) is 19.6 Å². The third-order valence-electron chi connectivity index (χ3n) is 2.59. The molecule has 1 N–H and O–H groups in total. The van der Waals surface area contributed by atoms with Gasteiger partial charge in [0, 0.05) is 18.7 Å². The average molecular weight is 329 g/mol. The number of rotatable bonds is 6. The molecule has 0 amide bonds. The molecule has 0 saturated carbocycles. The van der Waals surface area contributed by atoms with E-state index in [0.29, 0.717) is 0 Å². The summed E-state index contributed by atoms with van der Waals surface area (Å²) in [4.78, 5) is 2.25. The van der Waals surface area contributed by atoms with Crippen molar-refractivity contribution < 1.29 is 4.42 Å². The standard InChI is InChI=1S/C13H17BrN2OS/c1-15-5-10-3-12(17-8-10)7-16(2)6-11-4-13(14)18-9-11/h3-4,8-9,15H,5-7H2,1-2H3. The molecule has 2 aromatic heterocycles. The van der Waals surface area contributed by atoms with Crippen molar-refractivity contribution in [3.63, 3.8) is 0 Å². The minimum atomic E-state index is 0.831. The molecule has 0 spiro atoms. The second kappa shape index (κ2) is 6.52. The lowest BCUT2D eigenvalue weighted by Gasteiger charge is -2.13. The normalized spacial score (nSPS) is 11.3. The van der Waals surface area contributed by atoms with E-state index >= 15 is 0 Å². The van der Waals surface area contributed by atoms with Gasteiger partial charge in [0.15, 0.2) is 0 Å². The lowest BCUT2D eigenvalue weighted by molar-refractivity contribution is 0.288. The summed E-state index contributed by atoms with van der Waals surface area (Å²) >= 11 is 5.21. The van der Waals surface area contributed by atoms with Gasteiger partial charge in [-0.15, -0.1) is 11.3 Å². The molecule has 0 aromatic carbocycles. The Hall–Kier alpha value is -0.620. The van der Waals surface area contributed by atoms with E-state index in [1.807, 2.05) is 13.3 Å². The number of nitrogens with zero attached hydrogens (tertiary/aromatic N) is 1. The molecule has 0 unspecified atom stereocenters. The van der Waals surface area contributed by atoms with Crippen LogP contribution in [0.1, 0.15) is 16.9 Å². The first-order valence-electron chi connectivity index (χ1n) is 5.79. The minimum Gasteiger partial charge on any atom is -0.468 e. The molecule has 0 aliphatic rings. The molecular weight excluding hydrogens is 312 g/mol. The van der Waals surface area contributed by atoms with Crippen LogP contribution in [0.2, 0.25) is 0 Å². The summed E-state index contributed by atoms with van der Waals surface area (Å²) in [5.41, 5.74) is 2.52. The lowest BCUT2D eigenvalue weighted by Crippen LogP contribution is -2.16. The van der Waals surface area contributed by atoms with E-state index in [1.54, 1.807) is 11.3 Å². The van der Waals surface area contributed by atoms with Gasteiger partial charge in [-0.25, -0.2) is 0 Å². The topological polar surface area (TPSA) is 28.4 Å². The Morgan fingerprint density at radius 3 is 2.83 bits per heavy atom. The van der Waals surface area contributed by atoms with Gasteiger partial charge in [0.25, 0.3) is 0 Å². The van der Waals surface area contributed by atoms with Crippen molar-refractivity contribution in [2.45, 2.75) is 19.6 Å². The third kappa shape index (κ3) is 3.95. The van der Waals surface area contributed by atoms with E-state index in [0.717, 1.165) is 25.4 Å². The van der Waals surface area contributed by atoms with E-state index in [9.17, 15) is 0 Å². The van der Waals surface area contributed by atoms with E-state index in [2.05, 4.69) is 50.7 Å². The van der Waals surface area contributed by atoms with Crippen molar-refractivity contribution in [2.24, 2.45) is 0 Å². The molecule has 0 radical (unpaired) electrons. The molecule has 0 aliphatic carbocycles. The highest BCUT2D eigenvalue weighted by atomic mass is 79.9. The van der Waals surface area contributed by atoms with E-state index < -0.39 is 0 Å². The number of halogens is 1. The Kier molecular flexibility index (Phi) is 5.00. The molecule has 18 heavy (non-hydrogen) atoms. The first-order valence-corrected chi connectivity index (χ1v) is 7.47. The monoisotopic (exact) mass is 328 g/mol. The number of thiophene rings is 1. The average Bonchev–Trinajstić information content (AvgIpc) is 2.89. The number of nitrogens with one attached hydrogen (secondary N) is 1. The predicted octanol–water partition coefficient (Wildman–Crippen LogP) is 3.46. The smallest absolute Gasteiger partial charge is 0.118 e. The van der Waals surface area contributed by atoms with Gasteiger partial charge in [0.2, 0.25) is 0 Å². The third-order valence-corrected chi connectivity index (χ3v) is 4.14. The first kappa shape index (κ1) is 13.8. The number of furan rings is 1. The minimum absolute atomic E-state index is 0.831. The first-order chi connectivity index (χ1) is 8.67. The molecule has 2 rings (SSSR count). The predicted molar refractivity (Wildman–Crippen MR) is 78.7 cm³/mol. The van der Waals surface area contributed by atoms with Crippen LogP contribution in [0.4, 0.5) is 0 Å². The summed E-state index contributed by atoms with van der Waals surface area (Å²) in [5.74, 6) is 1.01. The fraction of sp³-hybridized carbons (Fsp3) is 0.385. The van der Waals surface area contributed by atoms with E-state index in [-0.39, 0.29) is 0 Å². The Morgan fingerprint density at radius 2 is 2.17 bits per heavy atom. The fourth-order valence-corrected chi connectivity index (χ4v) is 3.07.